The molecule has 0 atom stereocenters. The van der Waals surface area contributed by atoms with Crippen molar-refractivity contribution in [1.82, 2.24) is 9.97 Å². The number of nitrogens with zero attached hydrogens (tertiary/aromatic N) is 2. The fraction of sp³-hybridized carbons (Fsp3) is 0. The molecule has 4 rings (SSSR count). The molecule has 1 heterocycles. The van der Waals surface area contributed by atoms with Crippen molar-refractivity contribution >= 4 is 32.6 Å². The minimum Gasteiger partial charge on any atom is -0.399 e. The summed E-state index contributed by atoms with van der Waals surface area (Å²) in [4.78, 5) is 9.23. The van der Waals surface area contributed by atoms with Gasteiger partial charge in [0.25, 0.3) is 10.0 Å². The van der Waals surface area contributed by atoms with E-state index in [0.717, 1.165) is 5.56 Å². The smallest absolute Gasteiger partial charge is 0.263 e. The van der Waals surface area contributed by atoms with Gasteiger partial charge in [-0.1, -0.05) is 42.5 Å². The van der Waals surface area contributed by atoms with Crippen molar-refractivity contribution in [1.29, 1.82) is 0 Å². The molecule has 134 valence electrons. The van der Waals surface area contributed by atoms with Crippen molar-refractivity contribution in [2.24, 2.45) is 0 Å². The molecule has 0 radical (unpaired) electrons. The van der Waals surface area contributed by atoms with E-state index in [4.69, 9.17) is 5.73 Å². The van der Waals surface area contributed by atoms with Gasteiger partial charge in [0.05, 0.1) is 15.9 Å². The highest BCUT2D eigenvalue weighted by Crippen LogP contribution is 2.28. The zero-order valence-corrected chi connectivity index (χ0v) is 15.0. The van der Waals surface area contributed by atoms with Crippen LogP contribution in [0.15, 0.2) is 83.8 Å². The first-order chi connectivity index (χ1) is 13.0. The highest BCUT2D eigenvalue weighted by Gasteiger charge is 2.19. The largest absolute Gasteiger partial charge is 0.399 e. The monoisotopic (exact) mass is 376 g/mol. The fourth-order valence-corrected chi connectivity index (χ4v) is 3.71. The molecule has 1 aromatic heterocycles. The number of sulfonamides is 1. The van der Waals surface area contributed by atoms with Crippen molar-refractivity contribution in [3.05, 3.63) is 78.9 Å². The van der Waals surface area contributed by atoms with Crippen LogP contribution in [0, 0.1) is 0 Å². The van der Waals surface area contributed by atoms with Gasteiger partial charge in [-0.05, 0) is 36.4 Å². The van der Waals surface area contributed by atoms with Crippen LogP contribution in [0.3, 0.4) is 0 Å². The summed E-state index contributed by atoms with van der Waals surface area (Å²) in [7, 11) is -3.84. The van der Waals surface area contributed by atoms with Crippen LogP contribution in [0.4, 0.5) is 11.5 Å². The molecule has 3 N–H and O–H groups in total. The molecule has 0 unspecified atom stereocenters. The number of nitrogen functional groups attached to an aromatic ring is 1. The zero-order valence-electron chi connectivity index (χ0n) is 14.2. The number of nitrogens with one attached hydrogen (secondary N) is 1. The van der Waals surface area contributed by atoms with E-state index in [1.54, 1.807) is 18.2 Å². The van der Waals surface area contributed by atoms with Crippen molar-refractivity contribution < 1.29 is 8.42 Å². The lowest BCUT2D eigenvalue weighted by Gasteiger charge is -2.13. The van der Waals surface area contributed by atoms with E-state index < -0.39 is 10.0 Å². The van der Waals surface area contributed by atoms with Crippen molar-refractivity contribution in [3.63, 3.8) is 0 Å². The predicted molar refractivity (Wildman–Crippen MR) is 107 cm³/mol. The molecule has 7 heteroatoms. The Hall–Kier alpha value is -3.45. The molecule has 4 aromatic rings. The lowest BCUT2D eigenvalue weighted by atomic mass is 10.1. The Morgan fingerprint density at radius 2 is 1.33 bits per heavy atom. The van der Waals surface area contributed by atoms with Crippen LogP contribution < -0.4 is 10.5 Å². The Labute approximate surface area is 156 Å². The number of para-hydroxylation sites is 2. The average molecular weight is 376 g/mol. The third-order valence-corrected chi connectivity index (χ3v) is 5.39. The summed E-state index contributed by atoms with van der Waals surface area (Å²) < 4.78 is 28.2. The standard InChI is InChI=1S/C20H16N4O2S/c21-15-10-12-16(13-11-15)27(25,26)24-20-19(14-6-2-1-3-7-14)22-17-8-4-5-9-18(17)23-20/h1-13H,21H2,(H,23,24). The highest BCUT2D eigenvalue weighted by atomic mass is 32.2. The summed E-state index contributed by atoms with van der Waals surface area (Å²) in [6.07, 6.45) is 0. The van der Waals surface area contributed by atoms with E-state index in [1.165, 1.54) is 12.1 Å². The summed E-state index contributed by atoms with van der Waals surface area (Å²) in [6.45, 7) is 0. The second kappa shape index (κ2) is 6.69. The molecule has 0 aliphatic rings. The maximum absolute atomic E-state index is 12.8. The SMILES string of the molecule is Nc1ccc(S(=O)(=O)Nc2nc3ccccc3nc2-c2ccccc2)cc1. The van der Waals surface area contributed by atoms with Gasteiger partial charge in [-0.15, -0.1) is 0 Å². The lowest BCUT2D eigenvalue weighted by Crippen LogP contribution is -2.15. The fourth-order valence-electron chi connectivity index (χ4n) is 2.70. The minimum atomic E-state index is -3.84. The van der Waals surface area contributed by atoms with E-state index in [0.29, 0.717) is 22.4 Å². The van der Waals surface area contributed by atoms with Gasteiger partial charge in [0.2, 0.25) is 0 Å². The Balaban J connectivity index is 1.86. The molecule has 0 fully saturated rings. The van der Waals surface area contributed by atoms with E-state index in [9.17, 15) is 8.42 Å². The second-order valence-electron chi connectivity index (χ2n) is 5.95. The molecule has 0 saturated carbocycles. The molecule has 27 heavy (non-hydrogen) atoms. The maximum Gasteiger partial charge on any atom is 0.263 e. The number of anilines is 2. The maximum atomic E-state index is 12.8. The third-order valence-electron chi connectivity index (χ3n) is 4.04. The summed E-state index contributed by atoms with van der Waals surface area (Å²) in [6, 6.07) is 22.7. The Morgan fingerprint density at radius 1 is 0.741 bits per heavy atom. The molecule has 0 bridgehead atoms. The van der Waals surface area contributed by atoms with Crippen LogP contribution in [0.1, 0.15) is 0 Å². The first-order valence-electron chi connectivity index (χ1n) is 8.23. The van der Waals surface area contributed by atoms with Gasteiger partial charge < -0.3 is 5.73 Å². The molecule has 0 aliphatic carbocycles. The molecule has 0 amide bonds. The van der Waals surface area contributed by atoms with Crippen LogP contribution >= 0.6 is 0 Å². The highest BCUT2D eigenvalue weighted by molar-refractivity contribution is 7.92. The van der Waals surface area contributed by atoms with Gasteiger partial charge >= 0.3 is 0 Å². The van der Waals surface area contributed by atoms with Gasteiger partial charge in [0.15, 0.2) is 5.82 Å². The quantitative estimate of drug-likeness (QED) is 0.530. The number of aromatic nitrogens is 2. The second-order valence-corrected chi connectivity index (χ2v) is 7.63. The number of rotatable bonds is 4. The number of nitrogens with two attached hydrogens (primary N) is 1. The minimum absolute atomic E-state index is 0.102. The van der Waals surface area contributed by atoms with Gasteiger partial charge in [-0.2, -0.15) is 0 Å². The van der Waals surface area contributed by atoms with E-state index >= 15 is 0 Å². The predicted octanol–water partition coefficient (Wildman–Crippen LogP) is 3.68. The summed E-state index contributed by atoms with van der Waals surface area (Å²) in [5.41, 5.74) is 8.66. The first-order valence-corrected chi connectivity index (χ1v) is 9.72. The zero-order chi connectivity index (χ0) is 18.9. The van der Waals surface area contributed by atoms with Crippen LogP contribution in [-0.4, -0.2) is 18.4 Å². The van der Waals surface area contributed by atoms with Crippen LogP contribution in [0.2, 0.25) is 0 Å². The summed E-state index contributed by atoms with van der Waals surface area (Å²) in [5, 5.41) is 0. The molecule has 3 aromatic carbocycles. The van der Waals surface area contributed by atoms with Gasteiger partial charge in [0, 0.05) is 11.3 Å². The Kier molecular flexibility index (Phi) is 4.21. The molecular formula is C20H16N4O2S. The normalized spacial score (nSPS) is 11.4. The van der Waals surface area contributed by atoms with Crippen molar-refractivity contribution in [2.45, 2.75) is 4.90 Å². The van der Waals surface area contributed by atoms with Crippen LogP contribution in [0.5, 0.6) is 0 Å². The Bertz CT molecular complexity index is 1210. The van der Waals surface area contributed by atoms with E-state index in [-0.39, 0.29) is 10.7 Å². The van der Waals surface area contributed by atoms with Gasteiger partial charge in [0.1, 0.15) is 5.69 Å². The molecular weight excluding hydrogens is 360 g/mol. The first kappa shape index (κ1) is 17.0. The molecule has 0 saturated heterocycles. The van der Waals surface area contributed by atoms with Crippen LogP contribution in [0.25, 0.3) is 22.3 Å². The number of hydrogen-bond donors (Lipinski definition) is 2. The molecule has 0 aliphatic heterocycles. The van der Waals surface area contributed by atoms with Crippen molar-refractivity contribution in [3.8, 4) is 11.3 Å². The number of fused-ring (bicyclic) bond motifs is 1. The Morgan fingerprint density at radius 3 is 2.00 bits per heavy atom. The van der Waals surface area contributed by atoms with Gasteiger partial charge in [-0.3, -0.25) is 4.72 Å². The number of hydrogen-bond acceptors (Lipinski definition) is 5. The molecule has 6 nitrogen and oxygen atoms in total. The molecule has 0 spiro atoms. The summed E-state index contributed by atoms with van der Waals surface area (Å²) in [5.74, 6) is 0.178. The van der Waals surface area contributed by atoms with Gasteiger partial charge in [-0.25, -0.2) is 18.4 Å². The summed E-state index contributed by atoms with van der Waals surface area (Å²) >= 11 is 0. The van der Waals surface area contributed by atoms with Crippen molar-refractivity contribution in [2.75, 3.05) is 10.5 Å². The topological polar surface area (TPSA) is 98.0 Å². The lowest BCUT2D eigenvalue weighted by molar-refractivity contribution is 0.601. The van der Waals surface area contributed by atoms with E-state index in [1.807, 2.05) is 48.5 Å². The number of benzene rings is 3. The van der Waals surface area contributed by atoms with E-state index in [2.05, 4.69) is 14.7 Å². The average Bonchev–Trinajstić information content (AvgIpc) is 2.68. The van der Waals surface area contributed by atoms with Crippen LogP contribution in [-0.2, 0) is 10.0 Å². The third kappa shape index (κ3) is 3.45.